The van der Waals surface area contributed by atoms with E-state index in [1.807, 2.05) is 4.90 Å². The molecule has 2 unspecified atom stereocenters. The van der Waals surface area contributed by atoms with Gasteiger partial charge in [-0.2, -0.15) is 0 Å². The van der Waals surface area contributed by atoms with E-state index in [0.717, 1.165) is 36.7 Å². The summed E-state index contributed by atoms with van der Waals surface area (Å²) in [5, 5.41) is 0. The van der Waals surface area contributed by atoms with Gasteiger partial charge in [-0.1, -0.05) is 52.4 Å². The minimum Gasteiger partial charge on any atom is -0.341 e. The average Bonchev–Trinajstić information content (AvgIpc) is 2.97. The highest BCUT2D eigenvalue weighted by Gasteiger charge is 2.35. The summed E-state index contributed by atoms with van der Waals surface area (Å²) in [6, 6.07) is -0.707. The Kier molecular flexibility index (Phi) is 7.85. The number of carbonyl (C=O) groups excluding carboxylic acids is 3. The van der Waals surface area contributed by atoms with Crippen LogP contribution in [0.1, 0.15) is 72.1 Å². The fraction of sp³-hybridized carbons (Fsp3) is 0.762. The number of piperidine rings is 1. The van der Waals surface area contributed by atoms with Gasteiger partial charge in [0.15, 0.2) is 0 Å². The van der Waals surface area contributed by atoms with Crippen LogP contribution in [0.3, 0.4) is 0 Å². The van der Waals surface area contributed by atoms with E-state index in [-0.39, 0.29) is 17.7 Å². The van der Waals surface area contributed by atoms with Gasteiger partial charge in [-0.15, -0.1) is 0 Å². The van der Waals surface area contributed by atoms with Crippen molar-refractivity contribution < 1.29 is 14.4 Å². The quantitative estimate of drug-likeness (QED) is 0.466. The fourth-order valence-electron chi connectivity index (χ4n) is 4.17. The molecule has 3 amide bonds. The van der Waals surface area contributed by atoms with E-state index in [2.05, 4.69) is 13.8 Å². The van der Waals surface area contributed by atoms with Crippen LogP contribution in [0.25, 0.3) is 0 Å². The predicted molar refractivity (Wildman–Crippen MR) is 102 cm³/mol. The summed E-state index contributed by atoms with van der Waals surface area (Å²) in [4.78, 5) is 39.0. The molecule has 1 saturated heterocycles. The number of hydrogen-bond acceptors (Lipinski definition) is 3. The van der Waals surface area contributed by atoms with Gasteiger partial charge in [-0.05, 0) is 31.6 Å². The van der Waals surface area contributed by atoms with Crippen molar-refractivity contribution in [1.82, 2.24) is 9.80 Å². The molecule has 5 heteroatoms. The van der Waals surface area contributed by atoms with Gasteiger partial charge in [0.25, 0.3) is 11.8 Å². The van der Waals surface area contributed by atoms with Crippen molar-refractivity contribution in [2.45, 2.75) is 78.2 Å². The molecule has 0 aromatic heterocycles. The van der Waals surface area contributed by atoms with Gasteiger partial charge >= 0.3 is 0 Å². The first-order valence-electron chi connectivity index (χ1n) is 10.3. The first-order valence-corrected chi connectivity index (χ1v) is 10.3. The van der Waals surface area contributed by atoms with Crippen molar-refractivity contribution >= 4 is 17.7 Å². The van der Waals surface area contributed by atoms with E-state index in [9.17, 15) is 14.4 Å². The lowest BCUT2D eigenvalue weighted by Crippen LogP contribution is -2.51. The van der Waals surface area contributed by atoms with E-state index in [1.54, 1.807) is 6.92 Å². The maximum absolute atomic E-state index is 12.6. The Hall–Kier alpha value is -1.65. The molecule has 0 spiro atoms. The standard InChI is InChI=1S/C21H34N2O3/c1-4-7-16(2)8-5-6-9-18-12-14-22(15-13-18)21(26)17(3)23-19(24)10-11-20(23)25/h10-11,16-18H,4-9,12-15H2,1-3H3. The lowest BCUT2D eigenvalue weighted by Gasteiger charge is -2.35. The lowest BCUT2D eigenvalue weighted by atomic mass is 9.89. The smallest absolute Gasteiger partial charge is 0.254 e. The van der Waals surface area contributed by atoms with E-state index < -0.39 is 6.04 Å². The van der Waals surface area contributed by atoms with E-state index in [1.165, 1.54) is 50.7 Å². The van der Waals surface area contributed by atoms with Crippen LogP contribution in [0, 0.1) is 11.8 Å². The van der Waals surface area contributed by atoms with Crippen LogP contribution in [-0.2, 0) is 14.4 Å². The first kappa shape index (κ1) is 20.7. The molecular formula is C21H34N2O3. The molecule has 0 bridgehead atoms. The number of carbonyl (C=O) groups is 3. The molecule has 2 heterocycles. The van der Waals surface area contributed by atoms with Gasteiger partial charge in [0.05, 0.1) is 0 Å². The van der Waals surface area contributed by atoms with Crippen LogP contribution >= 0.6 is 0 Å². The summed E-state index contributed by atoms with van der Waals surface area (Å²) in [5.41, 5.74) is 0. The summed E-state index contributed by atoms with van der Waals surface area (Å²) >= 11 is 0. The minimum atomic E-state index is -0.707. The topological polar surface area (TPSA) is 57.7 Å². The monoisotopic (exact) mass is 362 g/mol. The maximum Gasteiger partial charge on any atom is 0.254 e. The first-order chi connectivity index (χ1) is 12.4. The van der Waals surface area contributed by atoms with Crippen molar-refractivity contribution in [3.63, 3.8) is 0 Å². The van der Waals surface area contributed by atoms with Gasteiger partial charge in [-0.3, -0.25) is 19.3 Å². The van der Waals surface area contributed by atoms with Gasteiger partial charge in [0.2, 0.25) is 5.91 Å². The highest BCUT2D eigenvalue weighted by atomic mass is 16.2. The Balaban J connectivity index is 1.68. The SMILES string of the molecule is CCCC(C)CCCCC1CCN(C(=O)C(C)N2C(=O)C=CC2=O)CC1. The third kappa shape index (κ3) is 5.42. The number of nitrogens with zero attached hydrogens (tertiary/aromatic N) is 2. The van der Waals surface area contributed by atoms with E-state index in [0.29, 0.717) is 5.92 Å². The van der Waals surface area contributed by atoms with Gasteiger partial charge in [0, 0.05) is 25.2 Å². The molecule has 0 aromatic rings. The molecule has 0 aromatic carbocycles. The Labute approximate surface area is 157 Å². The van der Waals surface area contributed by atoms with Crippen molar-refractivity contribution in [2.24, 2.45) is 11.8 Å². The Morgan fingerprint density at radius 2 is 1.69 bits per heavy atom. The Morgan fingerprint density at radius 1 is 1.08 bits per heavy atom. The number of imide groups is 1. The second-order valence-corrected chi connectivity index (χ2v) is 8.00. The van der Waals surface area contributed by atoms with Gasteiger partial charge in [0.1, 0.15) is 6.04 Å². The highest BCUT2D eigenvalue weighted by molar-refractivity contribution is 6.15. The van der Waals surface area contributed by atoms with E-state index >= 15 is 0 Å². The summed E-state index contributed by atoms with van der Waals surface area (Å²) < 4.78 is 0. The third-order valence-corrected chi connectivity index (χ3v) is 5.86. The largest absolute Gasteiger partial charge is 0.341 e. The van der Waals surface area contributed by atoms with E-state index in [4.69, 9.17) is 0 Å². The zero-order chi connectivity index (χ0) is 19.1. The van der Waals surface area contributed by atoms with Crippen LogP contribution in [0.5, 0.6) is 0 Å². The number of rotatable bonds is 9. The third-order valence-electron chi connectivity index (χ3n) is 5.86. The summed E-state index contributed by atoms with van der Waals surface area (Å²) in [7, 11) is 0. The molecule has 2 atom stereocenters. The molecule has 0 N–H and O–H groups in total. The van der Waals surface area contributed by atoms with Gasteiger partial charge < -0.3 is 4.90 Å². The molecule has 0 saturated carbocycles. The van der Waals surface area contributed by atoms with Crippen molar-refractivity contribution in [3.05, 3.63) is 12.2 Å². The summed E-state index contributed by atoms with van der Waals surface area (Å²) in [5.74, 6) is 0.660. The Morgan fingerprint density at radius 3 is 2.27 bits per heavy atom. The van der Waals surface area contributed by atoms with Crippen LogP contribution in [0.15, 0.2) is 12.2 Å². The molecular weight excluding hydrogens is 328 g/mol. The molecule has 2 rings (SSSR count). The van der Waals surface area contributed by atoms with Crippen molar-refractivity contribution in [2.75, 3.05) is 13.1 Å². The molecule has 0 radical (unpaired) electrons. The molecule has 5 nitrogen and oxygen atoms in total. The maximum atomic E-state index is 12.6. The average molecular weight is 363 g/mol. The highest BCUT2D eigenvalue weighted by Crippen LogP contribution is 2.25. The molecule has 0 aliphatic carbocycles. The second kappa shape index (κ2) is 9.89. The summed E-state index contributed by atoms with van der Waals surface area (Å²) in [6.07, 6.45) is 12.3. The zero-order valence-electron chi connectivity index (χ0n) is 16.6. The van der Waals surface area contributed by atoms with Crippen LogP contribution < -0.4 is 0 Å². The molecule has 146 valence electrons. The molecule has 1 fully saturated rings. The fourth-order valence-corrected chi connectivity index (χ4v) is 4.17. The van der Waals surface area contributed by atoms with Crippen molar-refractivity contribution in [3.8, 4) is 0 Å². The number of likely N-dealkylation sites (tertiary alicyclic amines) is 1. The lowest BCUT2D eigenvalue weighted by molar-refractivity contribution is -0.149. The molecule has 2 aliphatic heterocycles. The number of unbranched alkanes of at least 4 members (excludes halogenated alkanes) is 1. The summed E-state index contributed by atoms with van der Waals surface area (Å²) in [6.45, 7) is 7.72. The molecule has 26 heavy (non-hydrogen) atoms. The second-order valence-electron chi connectivity index (χ2n) is 8.00. The van der Waals surface area contributed by atoms with Crippen LogP contribution in [0.4, 0.5) is 0 Å². The Bertz CT molecular complexity index is 517. The normalized spacial score (nSPS) is 20.7. The number of amides is 3. The van der Waals surface area contributed by atoms with Gasteiger partial charge in [-0.25, -0.2) is 0 Å². The minimum absolute atomic E-state index is 0.109. The zero-order valence-corrected chi connectivity index (χ0v) is 16.6. The number of hydrogen-bond donors (Lipinski definition) is 0. The van der Waals surface area contributed by atoms with Crippen LogP contribution in [0.2, 0.25) is 0 Å². The van der Waals surface area contributed by atoms with Crippen molar-refractivity contribution in [1.29, 1.82) is 0 Å². The van der Waals surface area contributed by atoms with Crippen LogP contribution in [-0.4, -0.2) is 46.7 Å². The predicted octanol–water partition coefficient (Wildman–Crippen LogP) is 3.54. The molecule has 2 aliphatic rings.